The van der Waals surface area contributed by atoms with Crippen LogP contribution in [0, 0.1) is 11.7 Å². The van der Waals surface area contributed by atoms with Crippen LogP contribution in [0.4, 0.5) is 0 Å². The molecule has 90 valence electrons. The van der Waals surface area contributed by atoms with Gasteiger partial charge in [-0.2, -0.15) is 5.10 Å². The van der Waals surface area contributed by atoms with Crippen molar-refractivity contribution in [3.05, 3.63) is 38.8 Å². The molecule has 17 heavy (non-hydrogen) atoms. The Morgan fingerprint density at radius 3 is 2.71 bits per heavy atom. The van der Waals surface area contributed by atoms with Gasteiger partial charge in [0.05, 0.1) is 5.69 Å². The predicted octanol–water partition coefficient (Wildman–Crippen LogP) is 4.12. The number of hydrogen-bond donors (Lipinski definition) is 1. The molecule has 1 N–H and O–H groups in total. The van der Waals surface area contributed by atoms with Gasteiger partial charge in [0.15, 0.2) is 4.77 Å². The summed E-state index contributed by atoms with van der Waals surface area (Å²) in [4.78, 5) is 0. The Morgan fingerprint density at radius 1 is 1.41 bits per heavy atom. The highest BCUT2D eigenvalue weighted by atomic mass is 79.9. The topological polar surface area (TPSA) is 33.6 Å². The molecule has 0 fully saturated rings. The highest BCUT2D eigenvalue weighted by Crippen LogP contribution is 2.23. The van der Waals surface area contributed by atoms with Crippen LogP contribution in [-0.4, -0.2) is 14.8 Å². The van der Waals surface area contributed by atoms with E-state index in [-0.39, 0.29) is 0 Å². The molecule has 0 saturated heterocycles. The minimum atomic E-state index is 0.325. The number of H-pyrrole nitrogens is 1. The Morgan fingerprint density at radius 2 is 2.12 bits per heavy atom. The van der Waals surface area contributed by atoms with Crippen LogP contribution in [0.2, 0.25) is 0 Å². The van der Waals surface area contributed by atoms with E-state index in [1.807, 2.05) is 10.6 Å². The lowest BCUT2D eigenvalue weighted by Crippen LogP contribution is -2.04. The number of hydrogen-bond acceptors (Lipinski definition) is 2. The van der Waals surface area contributed by atoms with Crippen molar-refractivity contribution in [2.75, 3.05) is 0 Å². The van der Waals surface area contributed by atoms with E-state index in [4.69, 9.17) is 12.2 Å². The number of benzene rings is 1. The number of nitrogens with zero attached hydrogens (tertiary/aromatic N) is 2. The second-order valence-electron chi connectivity index (χ2n) is 4.31. The highest BCUT2D eigenvalue weighted by molar-refractivity contribution is 9.10. The largest absolute Gasteiger partial charge is 0.272 e. The van der Waals surface area contributed by atoms with Gasteiger partial charge >= 0.3 is 0 Å². The molecule has 2 rings (SSSR count). The Kier molecular flexibility index (Phi) is 3.49. The summed E-state index contributed by atoms with van der Waals surface area (Å²) in [5.41, 5.74) is 2.24. The first-order valence-electron chi connectivity index (χ1n) is 5.44. The average Bonchev–Trinajstić information content (AvgIpc) is 2.60. The van der Waals surface area contributed by atoms with Crippen molar-refractivity contribution in [3.8, 4) is 5.69 Å². The molecule has 1 heterocycles. The number of aromatic nitrogens is 3. The summed E-state index contributed by atoms with van der Waals surface area (Å²) in [6.07, 6.45) is 0. The lowest BCUT2D eigenvalue weighted by Gasteiger charge is -2.11. The first kappa shape index (κ1) is 12.5. The molecular formula is C12H14BrN3S. The first-order chi connectivity index (χ1) is 8.00. The Hall–Kier alpha value is -0.940. The van der Waals surface area contributed by atoms with E-state index in [9.17, 15) is 0 Å². The third kappa shape index (κ3) is 2.35. The number of nitrogens with one attached hydrogen (secondary N) is 1. The van der Waals surface area contributed by atoms with Gasteiger partial charge in [-0.25, -0.2) is 0 Å². The molecule has 3 nitrogen and oxygen atoms in total. The van der Waals surface area contributed by atoms with Crippen LogP contribution in [0.25, 0.3) is 5.69 Å². The summed E-state index contributed by atoms with van der Waals surface area (Å²) >= 11 is 8.77. The number of aromatic amines is 1. The Balaban J connectivity index is 2.68. The van der Waals surface area contributed by atoms with Gasteiger partial charge in [-0.05, 0) is 42.9 Å². The summed E-state index contributed by atoms with van der Waals surface area (Å²) in [5, 5.41) is 7.15. The molecule has 5 heteroatoms. The number of rotatable bonds is 2. The van der Waals surface area contributed by atoms with E-state index < -0.39 is 0 Å². The van der Waals surface area contributed by atoms with Crippen LogP contribution in [0.15, 0.2) is 22.7 Å². The summed E-state index contributed by atoms with van der Waals surface area (Å²) in [6, 6.07) is 6.14. The van der Waals surface area contributed by atoms with Gasteiger partial charge in [0.25, 0.3) is 0 Å². The molecule has 0 aliphatic carbocycles. The third-order valence-electron chi connectivity index (χ3n) is 2.61. The molecule has 0 spiro atoms. The van der Waals surface area contributed by atoms with Crippen molar-refractivity contribution < 1.29 is 0 Å². The van der Waals surface area contributed by atoms with Gasteiger partial charge < -0.3 is 0 Å². The Bertz CT molecular complexity index is 598. The summed E-state index contributed by atoms with van der Waals surface area (Å²) in [6.45, 7) is 6.28. The monoisotopic (exact) mass is 311 g/mol. The fourth-order valence-corrected chi connectivity index (χ4v) is 2.51. The van der Waals surface area contributed by atoms with Crippen LogP contribution in [0.1, 0.15) is 31.2 Å². The van der Waals surface area contributed by atoms with Crippen molar-refractivity contribution in [2.24, 2.45) is 0 Å². The smallest absolute Gasteiger partial charge is 0.199 e. The van der Waals surface area contributed by atoms with Crippen LogP contribution < -0.4 is 0 Å². The van der Waals surface area contributed by atoms with Crippen LogP contribution in [-0.2, 0) is 0 Å². The fourth-order valence-electron chi connectivity index (χ4n) is 1.80. The second kappa shape index (κ2) is 4.74. The third-order valence-corrected chi connectivity index (χ3v) is 3.38. The highest BCUT2D eigenvalue weighted by Gasteiger charge is 2.13. The van der Waals surface area contributed by atoms with Gasteiger partial charge in [-0.15, -0.1) is 0 Å². The van der Waals surface area contributed by atoms with Gasteiger partial charge in [0, 0.05) is 10.4 Å². The average molecular weight is 312 g/mol. The summed E-state index contributed by atoms with van der Waals surface area (Å²) in [5.74, 6) is 1.28. The zero-order valence-electron chi connectivity index (χ0n) is 9.99. The Labute approximate surface area is 114 Å². The zero-order valence-corrected chi connectivity index (χ0v) is 12.4. The van der Waals surface area contributed by atoms with Crippen LogP contribution in [0.3, 0.4) is 0 Å². The predicted molar refractivity (Wildman–Crippen MR) is 75.3 cm³/mol. The molecule has 0 bridgehead atoms. The molecular weight excluding hydrogens is 298 g/mol. The lowest BCUT2D eigenvalue weighted by molar-refractivity contribution is 0.743. The summed E-state index contributed by atoms with van der Waals surface area (Å²) < 4.78 is 3.71. The van der Waals surface area contributed by atoms with E-state index in [2.05, 4.69) is 59.0 Å². The van der Waals surface area contributed by atoms with Crippen molar-refractivity contribution >= 4 is 28.1 Å². The lowest BCUT2D eigenvalue weighted by atomic mass is 10.1. The van der Waals surface area contributed by atoms with Gasteiger partial charge in [-0.1, -0.05) is 29.8 Å². The maximum atomic E-state index is 5.30. The van der Waals surface area contributed by atoms with E-state index in [1.54, 1.807) is 0 Å². The second-order valence-corrected chi connectivity index (χ2v) is 5.61. The molecule has 0 radical (unpaired) electrons. The minimum Gasteiger partial charge on any atom is -0.272 e. The first-order valence-corrected chi connectivity index (χ1v) is 6.64. The molecule has 1 aromatic heterocycles. The molecule has 1 aromatic carbocycles. The fraction of sp³-hybridized carbons (Fsp3) is 0.333. The molecule has 0 atom stereocenters. The van der Waals surface area contributed by atoms with Crippen LogP contribution in [0.5, 0.6) is 0 Å². The zero-order chi connectivity index (χ0) is 12.6. The van der Waals surface area contributed by atoms with E-state index in [1.165, 1.54) is 5.56 Å². The maximum Gasteiger partial charge on any atom is 0.199 e. The van der Waals surface area contributed by atoms with Gasteiger partial charge in [0.2, 0.25) is 0 Å². The quantitative estimate of drug-likeness (QED) is 0.846. The van der Waals surface area contributed by atoms with Gasteiger partial charge in [0.1, 0.15) is 5.82 Å². The summed E-state index contributed by atoms with van der Waals surface area (Å²) in [7, 11) is 0. The molecule has 0 saturated carbocycles. The SMILES string of the molecule is Cc1cc(Br)ccc1-n1c(C(C)C)n[nH]c1=S. The van der Waals surface area contributed by atoms with Crippen molar-refractivity contribution in [2.45, 2.75) is 26.7 Å². The minimum absolute atomic E-state index is 0.325. The van der Waals surface area contributed by atoms with Gasteiger partial charge in [-0.3, -0.25) is 9.67 Å². The van der Waals surface area contributed by atoms with Crippen molar-refractivity contribution in [1.82, 2.24) is 14.8 Å². The molecule has 0 aliphatic heterocycles. The van der Waals surface area contributed by atoms with Crippen molar-refractivity contribution in [3.63, 3.8) is 0 Å². The van der Waals surface area contributed by atoms with E-state index >= 15 is 0 Å². The van der Waals surface area contributed by atoms with Crippen molar-refractivity contribution in [1.29, 1.82) is 0 Å². The standard InChI is InChI=1S/C12H14BrN3S/c1-7(2)11-14-15-12(17)16(11)10-5-4-9(13)6-8(10)3/h4-7H,1-3H3,(H,15,17). The molecule has 0 unspecified atom stereocenters. The number of aryl methyl sites for hydroxylation is 1. The van der Waals surface area contributed by atoms with E-state index in [0.717, 1.165) is 16.0 Å². The molecule has 0 amide bonds. The normalized spacial score (nSPS) is 11.1. The molecule has 2 aromatic rings. The maximum absolute atomic E-state index is 5.30. The van der Waals surface area contributed by atoms with Crippen LogP contribution >= 0.6 is 28.1 Å². The molecule has 0 aliphatic rings. The number of halogens is 1. The van der Waals surface area contributed by atoms with E-state index in [0.29, 0.717) is 10.7 Å².